The number of anilines is 2. The number of imide groups is 1. The molecular formula is C26H23ClN2O2. The van der Waals surface area contributed by atoms with E-state index in [-0.39, 0.29) is 17.5 Å². The van der Waals surface area contributed by atoms with Crippen molar-refractivity contribution in [1.82, 2.24) is 0 Å². The highest BCUT2D eigenvalue weighted by molar-refractivity contribution is 6.46. The minimum atomic E-state index is -0.372. The second-order valence-corrected chi connectivity index (χ2v) is 8.32. The van der Waals surface area contributed by atoms with E-state index in [1.165, 1.54) is 4.90 Å². The number of nitrogens with zero attached hydrogens (tertiary/aromatic N) is 1. The molecule has 0 spiro atoms. The Morgan fingerprint density at radius 1 is 0.774 bits per heavy atom. The molecule has 0 unspecified atom stereocenters. The van der Waals surface area contributed by atoms with Gasteiger partial charge in [0.2, 0.25) is 0 Å². The van der Waals surface area contributed by atoms with Gasteiger partial charge in [-0.1, -0.05) is 53.6 Å². The second-order valence-electron chi connectivity index (χ2n) is 7.88. The number of amides is 2. The zero-order valence-corrected chi connectivity index (χ0v) is 18.7. The third kappa shape index (κ3) is 3.75. The Kier molecular flexibility index (Phi) is 5.42. The summed E-state index contributed by atoms with van der Waals surface area (Å²) in [4.78, 5) is 28.5. The Balaban J connectivity index is 1.89. The molecule has 156 valence electrons. The molecule has 0 saturated carbocycles. The van der Waals surface area contributed by atoms with E-state index in [0.717, 1.165) is 33.5 Å². The minimum absolute atomic E-state index is 0.269. The molecule has 0 fully saturated rings. The monoisotopic (exact) mass is 430 g/mol. The highest BCUT2D eigenvalue weighted by atomic mass is 35.5. The topological polar surface area (TPSA) is 49.4 Å². The smallest absolute Gasteiger partial charge is 0.282 e. The summed E-state index contributed by atoms with van der Waals surface area (Å²) in [6, 6.07) is 18.7. The van der Waals surface area contributed by atoms with E-state index in [4.69, 9.17) is 11.6 Å². The fraction of sp³-hybridized carbons (Fsp3) is 0.154. The predicted molar refractivity (Wildman–Crippen MR) is 126 cm³/mol. The average molecular weight is 431 g/mol. The van der Waals surface area contributed by atoms with Crippen LogP contribution < -0.4 is 10.2 Å². The van der Waals surface area contributed by atoms with E-state index < -0.39 is 0 Å². The fourth-order valence-electron chi connectivity index (χ4n) is 3.92. The van der Waals surface area contributed by atoms with E-state index >= 15 is 0 Å². The number of rotatable bonds is 4. The van der Waals surface area contributed by atoms with Gasteiger partial charge in [-0.25, -0.2) is 4.90 Å². The zero-order valence-electron chi connectivity index (χ0n) is 17.9. The molecule has 3 aromatic rings. The van der Waals surface area contributed by atoms with Crippen LogP contribution in [0.5, 0.6) is 0 Å². The number of hydrogen-bond acceptors (Lipinski definition) is 3. The lowest BCUT2D eigenvalue weighted by Gasteiger charge is -2.18. The van der Waals surface area contributed by atoms with Gasteiger partial charge in [-0.15, -0.1) is 0 Å². The van der Waals surface area contributed by atoms with Crippen LogP contribution in [0.3, 0.4) is 0 Å². The summed E-state index contributed by atoms with van der Waals surface area (Å²) in [6.45, 7) is 7.75. The molecule has 0 saturated heterocycles. The third-order valence-electron chi connectivity index (χ3n) is 5.54. The van der Waals surface area contributed by atoms with Gasteiger partial charge in [0.1, 0.15) is 5.70 Å². The normalized spacial score (nSPS) is 13.9. The number of benzene rings is 3. The number of hydrogen-bond donors (Lipinski definition) is 1. The van der Waals surface area contributed by atoms with Gasteiger partial charge in [0.05, 0.1) is 11.3 Å². The first kappa shape index (κ1) is 20.9. The number of para-hydroxylation sites is 1. The van der Waals surface area contributed by atoms with Gasteiger partial charge in [0, 0.05) is 10.7 Å². The second kappa shape index (κ2) is 8.05. The van der Waals surface area contributed by atoms with Gasteiger partial charge in [-0.05, 0) is 74.2 Å². The summed E-state index contributed by atoms with van der Waals surface area (Å²) >= 11 is 6.10. The number of nitrogens with one attached hydrogen (secondary N) is 1. The first-order chi connectivity index (χ1) is 14.8. The lowest BCUT2D eigenvalue weighted by Crippen LogP contribution is -2.33. The van der Waals surface area contributed by atoms with E-state index in [1.54, 1.807) is 12.1 Å². The van der Waals surface area contributed by atoms with Gasteiger partial charge in [0.15, 0.2) is 0 Å². The summed E-state index contributed by atoms with van der Waals surface area (Å²) in [5, 5.41) is 3.85. The van der Waals surface area contributed by atoms with Gasteiger partial charge in [-0.2, -0.15) is 0 Å². The van der Waals surface area contributed by atoms with Crippen molar-refractivity contribution in [1.29, 1.82) is 0 Å². The minimum Gasteiger partial charge on any atom is -0.350 e. The lowest BCUT2D eigenvalue weighted by molar-refractivity contribution is -0.120. The molecule has 31 heavy (non-hydrogen) atoms. The maximum Gasteiger partial charge on any atom is 0.282 e. The number of halogens is 1. The standard InChI is InChI=1S/C26H23ClN2O2/c1-15-9-11-20(17(3)13-15)23-24(28-21-12-10-19(27)14-18(21)4)26(31)29(25(23)30)22-8-6-5-7-16(22)2/h5-14,28H,1-4H3. The molecule has 0 radical (unpaired) electrons. The molecule has 0 aromatic heterocycles. The lowest BCUT2D eigenvalue weighted by atomic mass is 9.97. The van der Waals surface area contributed by atoms with E-state index in [0.29, 0.717) is 16.3 Å². The first-order valence-electron chi connectivity index (χ1n) is 10.1. The van der Waals surface area contributed by atoms with Crippen LogP contribution in [0.4, 0.5) is 11.4 Å². The number of aryl methyl sites for hydroxylation is 4. The van der Waals surface area contributed by atoms with E-state index in [2.05, 4.69) is 5.32 Å². The quantitative estimate of drug-likeness (QED) is 0.518. The van der Waals surface area contributed by atoms with Crippen LogP contribution in [0.15, 0.2) is 66.4 Å². The summed E-state index contributed by atoms with van der Waals surface area (Å²) < 4.78 is 0. The molecular weight excluding hydrogens is 408 g/mol. The molecule has 1 aliphatic rings. The predicted octanol–water partition coefficient (Wildman–Crippen LogP) is 5.97. The zero-order chi connectivity index (χ0) is 22.3. The van der Waals surface area contributed by atoms with Crippen LogP contribution >= 0.6 is 11.6 Å². The van der Waals surface area contributed by atoms with Crippen LogP contribution in [0.1, 0.15) is 27.8 Å². The molecule has 4 rings (SSSR count). The van der Waals surface area contributed by atoms with Crippen molar-refractivity contribution in [3.8, 4) is 0 Å². The largest absolute Gasteiger partial charge is 0.350 e. The Bertz CT molecular complexity index is 1260. The highest BCUT2D eigenvalue weighted by Gasteiger charge is 2.41. The maximum atomic E-state index is 13.6. The van der Waals surface area contributed by atoms with Crippen molar-refractivity contribution >= 4 is 40.4 Å². The van der Waals surface area contributed by atoms with Gasteiger partial charge < -0.3 is 5.32 Å². The van der Waals surface area contributed by atoms with E-state index in [1.807, 2.05) is 76.2 Å². The highest BCUT2D eigenvalue weighted by Crippen LogP contribution is 2.36. The van der Waals surface area contributed by atoms with Crippen LogP contribution in [-0.2, 0) is 9.59 Å². The van der Waals surface area contributed by atoms with Gasteiger partial charge in [0.25, 0.3) is 11.8 Å². The molecule has 4 nitrogen and oxygen atoms in total. The Labute approximate surface area is 187 Å². The molecule has 0 aliphatic carbocycles. The molecule has 0 atom stereocenters. The Morgan fingerprint density at radius 3 is 2.19 bits per heavy atom. The summed E-state index contributed by atoms with van der Waals surface area (Å²) in [5.74, 6) is -0.705. The maximum absolute atomic E-state index is 13.6. The summed E-state index contributed by atoms with van der Waals surface area (Å²) in [7, 11) is 0. The Hall–Kier alpha value is -3.37. The molecule has 1 aliphatic heterocycles. The first-order valence-corrected chi connectivity index (χ1v) is 10.4. The Morgan fingerprint density at radius 2 is 1.52 bits per heavy atom. The number of carbonyl (C=O) groups excluding carboxylic acids is 2. The van der Waals surface area contributed by atoms with Gasteiger partial charge >= 0.3 is 0 Å². The van der Waals surface area contributed by atoms with Gasteiger partial charge in [-0.3, -0.25) is 9.59 Å². The molecule has 1 heterocycles. The molecule has 3 aromatic carbocycles. The summed E-state index contributed by atoms with van der Waals surface area (Å²) in [5.41, 5.74) is 6.48. The van der Waals surface area contributed by atoms with Crippen LogP contribution in [0.25, 0.3) is 5.57 Å². The van der Waals surface area contributed by atoms with E-state index in [9.17, 15) is 9.59 Å². The van der Waals surface area contributed by atoms with Crippen molar-refractivity contribution < 1.29 is 9.59 Å². The SMILES string of the molecule is Cc1ccc(C2=C(Nc3ccc(Cl)cc3C)C(=O)N(c3ccccc3C)C2=O)c(C)c1. The molecule has 1 N–H and O–H groups in total. The molecule has 2 amide bonds. The van der Waals surface area contributed by atoms with Crippen molar-refractivity contribution in [2.75, 3.05) is 10.2 Å². The van der Waals surface area contributed by atoms with Crippen LogP contribution in [0, 0.1) is 27.7 Å². The van der Waals surface area contributed by atoms with Crippen LogP contribution in [-0.4, -0.2) is 11.8 Å². The van der Waals surface area contributed by atoms with Crippen molar-refractivity contribution in [3.05, 3.63) is 99.2 Å². The third-order valence-corrected chi connectivity index (χ3v) is 5.77. The van der Waals surface area contributed by atoms with Crippen molar-refractivity contribution in [2.24, 2.45) is 0 Å². The summed E-state index contributed by atoms with van der Waals surface area (Å²) in [6.07, 6.45) is 0. The van der Waals surface area contributed by atoms with Crippen molar-refractivity contribution in [3.63, 3.8) is 0 Å². The van der Waals surface area contributed by atoms with Crippen LogP contribution in [0.2, 0.25) is 5.02 Å². The molecule has 0 bridgehead atoms. The fourth-order valence-corrected chi connectivity index (χ4v) is 4.15. The van der Waals surface area contributed by atoms with Crippen molar-refractivity contribution in [2.45, 2.75) is 27.7 Å². The number of carbonyl (C=O) groups is 2. The average Bonchev–Trinajstić information content (AvgIpc) is 2.94. The molecule has 5 heteroatoms.